The van der Waals surface area contributed by atoms with Crippen LogP contribution in [0.3, 0.4) is 0 Å². The second kappa shape index (κ2) is 6.42. The Morgan fingerprint density at radius 2 is 2.00 bits per heavy atom. The number of benzene rings is 1. The van der Waals surface area contributed by atoms with Gasteiger partial charge in [-0.15, -0.1) is 0 Å². The summed E-state index contributed by atoms with van der Waals surface area (Å²) in [6.07, 6.45) is -4.52. The number of alkyl halides is 3. The van der Waals surface area contributed by atoms with E-state index in [4.69, 9.17) is 10.5 Å². The second-order valence-electron chi connectivity index (χ2n) is 3.66. The predicted molar refractivity (Wildman–Crippen MR) is 61.5 cm³/mol. The van der Waals surface area contributed by atoms with Crippen LogP contribution >= 0.6 is 0 Å². The molecule has 2 N–H and O–H groups in total. The summed E-state index contributed by atoms with van der Waals surface area (Å²) in [7, 11) is 0. The molecular weight excluding hydrogens is 263 g/mol. The van der Waals surface area contributed by atoms with Gasteiger partial charge < -0.3 is 15.2 Å². The molecule has 106 valence electrons. The maximum absolute atomic E-state index is 12.6. The van der Waals surface area contributed by atoms with Crippen LogP contribution in [0.25, 0.3) is 0 Å². The molecule has 1 aromatic rings. The molecule has 0 saturated heterocycles. The Morgan fingerprint density at radius 1 is 1.37 bits per heavy atom. The lowest BCUT2D eigenvalue weighted by atomic mass is 10.2. The molecular formula is C12H14F3NO3. The lowest BCUT2D eigenvalue weighted by Crippen LogP contribution is -2.38. The van der Waals surface area contributed by atoms with Crippen molar-refractivity contribution in [2.45, 2.75) is 19.1 Å². The molecule has 4 nitrogen and oxygen atoms in total. The van der Waals surface area contributed by atoms with Crippen molar-refractivity contribution in [3.8, 4) is 5.75 Å². The first-order valence-corrected chi connectivity index (χ1v) is 5.57. The SMILES string of the molecule is CCOC(=O)C(N)COc1ccccc1C(F)(F)F. The quantitative estimate of drug-likeness (QED) is 0.836. The normalized spacial score (nSPS) is 12.9. The molecule has 0 aromatic heterocycles. The van der Waals surface area contributed by atoms with E-state index in [1.54, 1.807) is 6.92 Å². The van der Waals surface area contributed by atoms with Gasteiger partial charge in [0.1, 0.15) is 18.4 Å². The second-order valence-corrected chi connectivity index (χ2v) is 3.66. The van der Waals surface area contributed by atoms with E-state index in [9.17, 15) is 18.0 Å². The fourth-order valence-electron chi connectivity index (χ4n) is 1.32. The summed E-state index contributed by atoms with van der Waals surface area (Å²) in [5, 5.41) is 0. The third-order valence-electron chi connectivity index (χ3n) is 2.20. The minimum atomic E-state index is -4.52. The van der Waals surface area contributed by atoms with Gasteiger partial charge in [-0.25, -0.2) is 0 Å². The molecule has 1 aromatic carbocycles. The zero-order valence-electron chi connectivity index (χ0n) is 10.2. The van der Waals surface area contributed by atoms with E-state index in [0.717, 1.165) is 6.07 Å². The van der Waals surface area contributed by atoms with Crippen LogP contribution in [-0.4, -0.2) is 25.2 Å². The third kappa shape index (κ3) is 4.44. The van der Waals surface area contributed by atoms with Crippen LogP contribution in [0.5, 0.6) is 5.75 Å². The molecule has 1 unspecified atom stereocenters. The van der Waals surface area contributed by atoms with Crippen molar-refractivity contribution < 1.29 is 27.4 Å². The Labute approximate surface area is 108 Å². The topological polar surface area (TPSA) is 61.5 Å². The standard InChI is InChI=1S/C12H14F3NO3/c1-2-18-11(17)9(16)7-19-10-6-4-3-5-8(10)12(13,14)15/h3-6,9H,2,7,16H2,1H3. The molecule has 0 spiro atoms. The average Bonchev–Trinajstić information content (AvgIpc) is 2.35. The van der Waals surface area contributed by atoms with E-state index < -0.39 is 23.8 Å². The highest BCUT2D eigenvalue weighted by molar-refractivity contribution is 5.75. The molecule has 0 aliphatic rings. The number of esters is 1. The van der Waals surface area contributed by atoms with Gasteiger partial charge in [0.25, 0.3) is 0 Å². The third-order valence-corrected chi connectivity index (χ3v) is 2.20. The van der Waals surface area contributed by atoms with Gasteiger partial charge in [0, 0.05) is 0 Å². The van der Waals surface area contributed by atoms with Crippen molar-refractivity contribution in [1.82, 2.24) is 0 Å². The van der Waals surface area contributed by atoms with Crippen LogP contribution in [-0.2, 0) is 15.7 Å². The van der Waals surface area contributed by atoms with Crippen molar-refractivity contribution in [1.29, 1.82) is 0 Å². The zero-order chi connectivity index (χ0) is 14.5. The Morgan fingerprint density at radius 3 is 2.58 bits per heavy atom. The lowest BCUT2D eigenvalue weighted by Gasteiger charge is -2.16. The summed E-state index contributed by atoms with van der Waals surface area (Å²) in [4.78, 5) is 11.2. The maximum atomic E-state index is 12.6. The molecule has 0 amide bonds. The van der Waals surface area contributed by atoms with E-state index >= 15 is 0 Å². The number of nitrogens with two attached hydrogens (primary N) is 1. The van der Waals surface area contributed by atoms with E-state index in [2.05, 4.69) is 4.74 Å². The van der Waals surface area contributed by atoms with Crippen molar-refractivity contribution in [2.24, 2.45) is 5.73 Å². The fraction of sp³-hybridized carbons (Fsp3) is 0.417. The molecule has 0 fully saturated rings. The molecule has 0 aliphatic heterocycles. The van der Waals surface area contributed by atoms with Crippen molar-refractivity contribution >= 4 is 5.97 Å². The highest BCUT2D eigenvalue weighted by Gasteiger charge is 2.34. The number of halogens is 3. The van der Waals surface area contributed by atoms with Gasteiger partial charge >= 0.3 is 12.1 Å². The largest absolute Gasteiger partial charge is 0.491 e. The van der Waals surface area contributed by atoms with Gasteiger partial charge in [-0.05, 0) is 19.1 Å². The van der Waals surface area contributed by atoms with Crippen LogP contribution in [0, 0.1) is 0 Å². The summed E-state index contributed by atoms with van der Waals surface area (Å²) >= 11 is 0. The van der Waals surface area contributed by atoms with Gasteiger partial charge in [0.05, 0.1) is 12.2 Å². The first-order chi connectivity index (χ1) is 8.86. The maximum Gasteiger partial charge on any atom is 0.419 e. The van der Waals surface area contributed by atoms with Crippen molar-refractivity contribution in [3.63, 3.8) is 0 Å². The Hall–Kier alpha value is -1.76. The molecule has 0 radical (unpaired) electrons. The van der Waals surface area contributed by atoms with Crippen LogP contribution in [0.15, 0.2) is 24.3 Å². The zero-order valence-corrected chi connectivity index (χ0v) is 10.2. The summed E-state index contributed by atoms with van der Waals surface area (Å²) in [5.74, 6) is -1.08. The number of hydrogen-bond donors (Lipinski definition) is 1. The van der Waals surface area contributed by atoms with Crippen LogP contribution in [0.1, 0.15) is 12.5 Å². The van der Waals surface area contributed by atoms with E-state index in [-0.39, 0.29) is 19.0 Å². The van der Waals surface area contributed by atoms with E-state index in [1.165, 1.54) is 18.2 Å². The molecule has 0 heterocycles. The van der Waals surface area contributed by atoms with Gasteiger partial charge in [-0.1, -0.05) is 12.1 Å². The smallest absolute Gasteiger partial charge is 0.419 e. The monoisotopic (exact) mass is 277 g/mol. The Bertz CT molecular complexity index is 434. The first-order valence-electron chi connectivity index (χ1n) is 5.57. The Balaban J connectivity index is 2.71. The van der Waals surface area contributed by atoms with E-state index in [1.807, 2.05) is 0 Å². The first kappa shape index (κ1) is 15.3. The van der Waals surface area contributed by atoms with Gasteiger partial charge in [0.15, 0.2) is 0 Å². The highest BCUT2D eigenvalue weighted by atomic mass is 19.4. The van der Waals surface area contributed by atoms with Gasteiger partial charge in [0.2, 0.25) is 0 Å². The summed E-state index contributed by atoms with van der Waals surface area (Å²) < 4.78 is 47.5. The lowest BCUT2D eigenvalue weighted by molar-refractivity contribution is -0.145. The van der Waals surface area contributed by atoms with Crippen molar-refractivity contribution in [3.05, 3.63) is 29.8 Å². The number of hydrogen-bond acceptors (Lipinski definition) is 4. The minimum absolute atomic E-state index is 0.145. The average molecular weight is 277 g/mol. The number of carbonyl (C=O) groups is 1. The summed E-state index contributed by atoms with van der Waals surface area (Å²) in [5.41, 5.74) is 4.52. The number of para-hydroxylation sites is 1. The van der Waals surface area contributed by atoms with Gasteiger partial charge in [-0.2, -0.15) is 13.2 Å². The summed E-state index contributed by atoms with van der Waals surface area (Å²) in [6, 6.07) is 3.59. The molecule has 0 aliphatic carbocycles. The van der Waals surface area contributed by atoms with Crippen LogP contribution in [0.2, 0.25) is 0 Å². The highest BCUT2D eigenvalue weighted by Crippen LogP contribution is 2.35. The van der Waals surface area contributed by atoms with Gasteiger partial charge in [-0.3, -0.25) is 4.79 Å². The van der Waals surface area contributed by atoms with E-state index in [0.29, 0.717) is 0 Å². The molecule has 7 heteroatoms. The van der Waals surface area contributed by atoms with Crippen LogP contribution < -0.4 is 10.5 Å². The summed E-state index contributed by atoms with van der Waals surface area (Å²) in [6.45, 7) is 1.36. The van der Waals surface area contributed by atoms with Crippen LogP contribution in [0.4, 0.5) is 13.2 Å². The van der Waals surface area contributed by atoms with Crippen molar-refractivity contribution in [2.75, 3.05) is 13.2 Å². The minimum Gasteiger partial charge on any atom is -0.491 e. The number of ether oxygens (including phenoxy) is 2. The number of carbonyl (C=O) groups excluding carboxylic acids is 1. The fourth-order valence-corrected chi connectivity index (χ4v) is 1.32. The molecule has 19 heavy (non-hydrogen) atoms. The molecule has 1 atom stereocenters. The predicted octanol–water partition coefficient (Wildman–Crippen LogP) is 1.97. The Kier molecular flexibility index (Phi) is 5.17. The molecule has 0 bridgehead atoms. The number of rotatable bonds is 5. The molecule has 0 saturated carbocycles. The molecule has 1 rings (SSSR count).